The molecule has 0 bridgehead atoms. The molecule has 0 saturated carbocycles. The predicted octanol–water partition coefficient (Wildman–Crippen LogP) is 0.648. The fourth-order valence-electron chi connectivity index (χ4n) is 2.14. The Balaban J connectivity index is 2.10. The summed E-state index contributed by atoms with van der Waals surface area (Å²) in [5.41, 5.74) is 3.00. The highest BCUT2D eigenvalue weighted by Crippen LogP contribution is 2.21. The Labute approximate surface area is 118 Å². The lowest BCUT2D eigenvalue weighted by atomic mass is 10.1. The van der Waals surface area contributed by atoms with Gasteiger partial charge < -0.3 is 10.2 Å². The number of H-pyrrole nitrogens is 1. The van der Waals surface area contributed by atoms with Crippen molar-refractivity contribution >= 4 is 0 Å². The second kappa shape index (κ2) is 7.74. The molecule has 0 aromatic carbocycles. The second-order valence-corrected chi connectivity index (χ2v) is 4.59. The first-order valence-corrected chi connectivity index (χ1v) is 6.72. The van der Waals surface area contributed by atoms with Crippen LogP contribution in [0.25, 0.3) is 11.3 Å². The molecule has 0 unspecified atom stereocenters. The van der Waals surface area contributed by atoms with E-state index in [0.29, 0.717) is 19.5 Å². The Morgan fingerprint density at radius 3 is 2.75 bits per heavy atom. The molecule has 0 aliphatic heterocycles. The van der Waals surface area contributed by atoms with Crippen LogP contribution < -0.4 is 0 Å². The molecule has 6 nitrogen and oxygen atoms in total. The van der Waals surface area contributed by atoms with E-state index in [1.54, 1.807) is 18.6 Å². The van der Waals surface area contributed by atoms with E-state index < -0.39 is 0 Å². The minimum atomic E-state index is 0.103. The number of pyridine rings is 1. The fraction of sp³-hybridized carbons (Fsp3) is 0.429. The first-order valence-electron chi connectivity index (χ1n) is 6.72. The number of aliphatic hydroxyl groups excluding tert-OH is 2. The highest BCUT2D eigenvalue weighted by molar-refractivity contribution is 5.61. The van der Waals surface area contributed by atoms with E-state index in [1.165, 1.54) is 0 Å². The number of hydrogen-bond acceptors (Lipinski definition) is 5. The minimum Gasteiger partial charge on any atom is -0.396 e. The van der Waals surface area contributed by atoms with Gasteiger partial charge in [0.1, 0.15) is 0 Å². The van der Waals surface area contributed by atoms with Gasteiger partial charge in [-0.3, -0.25) is 15.0 Å². The summed E-state index contributed by atoms with van der Waals surface area (Å²) in [6.07, 6.45) is 6.02. The number of nitrogens with one attached hydrogen (secondary N) is 1. The number of nitrogens with zero attached hydrogens (tertiary/aromatic N) is 3. The fourth-order valence-corrected chi connectivity index (χ4v) is 2.14. The van der Waals surface area contributed by atoms with Gasteiger partial charge in [-0.2, -0.15) is 5.10 Å². The average Bonchev–Trinajstić information content (AvgIpc) is 2.94. The Morgan fingerprint density at radius 1 is 1.15 bits per heavy atom. The van der Waals surface area contributed by atoms with Crippen LogP contribution in [0.2, 0.25) is 0 Å². The van der Waals surface area contributed by atoms with Crippen LogP contribution in [0.5, 0.6) is 0 Å². The summed E-state index contributed by atoms with van der Waals surface area (Å²) < 4.78 is 0. The SMILES string of the molecule is OCCCN(CCO)Cc1cn[nH]c1-c1cccnc1. The van der Waals surface area contributed by atoms with Crippen molar-refractivity contribution in [2.45, 2.75) is 13.0 Å². The number of aliphatic hydroxyl groups is 2. The Morgan fingerprint density at radius 2 is 2.05 bits per heavy atom. The number of aromatic amines is 1. The zero-order valence-electron chi connectivity index (χ0n) is 11.4. The van der Waals surface area contributed by atoms with E-state index in [1.807, 2.05) is 12.1 Å². The van der Waals surface area contributed by atoms with E-state index in [0.717, 1.165) is 23.4 Å². The molecule has 0 aliphatic carbocycles. The summed E-state index contributed by atoms with van der Waals surface area (Å²) in [6, 6.07) is 3.87. The number of aromatic nitrogens is 3. The van der Waals surface area contributed by atoms with Crippen LogP contribution in [-0.2, 0) is 6.54 Å². The van der Waals surface area contributed by atoms with Crippen molar-refractivity contribution in [1.82, 2.24) is 20.1 Å². The summed E-state index contributed by atoms with van der Waals surface area (Å²) >= 11 is 0. The lowest BCUT2D eigenvalue weighted by molar-refractivity contribution is 0.174. The first-order chi connectivity index (χ1) is 9.85. The summed E-state index contributed by atoms with van der Waals surface area (Å²) in [7, 11) is 0. The van der Waals surface area contributed by atoms with Gasteiger partial charge in [-0.25, -0.2) is 0 Å². The van der Waals surface area contributed by atoms with Gasteiger partial charge in [0.25, 0.3) is 0 Å². The van der Waals surface area contributed by atoms with E-state index in [2.05, 4.69) is 20.1 Å². The van der Waals surface area contributed by atoms with Crippen molar-refractivity contribution in [2.24, 2.45) is 0 Å². The third-order valence-corrected chi connectivity index (χ3v) is 3.11. The average molecular weight is 276 g/mol. The highest BCUT2D eigenvalue weighted by atomic mass is 16.3. The highest BCUT2D eigenvalue weighted by Gasteiger charge is 2.12. The lowest BCUT2D eigenvalue weighted by Crippen LogP contribution is -2.28. The summed E-state index contributed by atoms with van der Waals surface area (Å²) in [5.74, 6) is 0. The van der Waals surface area contributed by atoms with Gasteiger partial charge >= 0.3 is 0 Å². The van der Waals surface area contributed by atoms with Crippen LogP contribution in [0.3, 0.4) is 0 Å². The van der Waals surface area contributed by atoms with Gasteiger partial charge in [-0.05, 0) is 18.6 Å². The quantitative estimate of drug-likeness (QED) is 0.659. The summed E-state index contributed by atoms with van der Waals surface area (Å²) in [5, 5.41) is 25.1. The van der Waals surface area contributed by atoms with Crippen LogP contribution in [0.15, 0.2) is 30.7 Å². The molecular formula is C14H20N4O2. The van der Waals surface area contributed by atoms with E-state index in [4.69, 9.17) is 10.2 Å². The number of hydrogen-bond donors (Lipinski definition) is 3. The molecule has 0 fully saturated rings. The summed E-state index contributed by atoms with van der Waals surface area (Å²) in [6.45, 7) is 2.27. The van der Waals surface area contributed by atoms with Crippen LogP contribution >= 0.6 is 0 Å². The first kappa shape index (κ1) is 14.6. The van der Waals surface area contributed by atoms with Crippen molar-refractivity contribution in [3.8, 4) is 11.3 Å². The largest absolute Gasteiger partial charge is 0.396 e. The number of rotatable bonds is 8. The van der Waals surface area contributed by atoms with Gasteiger partial charge in [0, 0.05) is 49.8 Å². The third kappa shape index (κ3) is 3.86. The predicted molar refractivity (Wildman–Crippen MR) is 75.9 cm³/mol. The van der Waals surface area contributed by atoms with Gasteiger partial charge in [0.2, 0.25) is 0 Å². The normalized spacial score (nSPS) is 11.2. The molecule has 2 aromatic rings. The smallest absolute Gasteiger partial charge is 0.0710 e. The van der Waals surface area contributed by atoms with E-state index in [9.17, 15) is 0 Å². The molecular weight excluding hydrogens is 256 g/mol. The molecule has 0 atom stereocenters. The summed E-state index contributed by atoms with van der Waals surface area (Å²) in [4.78, 5) is 6.21. The Kier molecular flexibility index (Phi) is 5.67. The maximum absolute atomic E-state index is 9.11. The minimum absolute atomic E-state index is 0.103. The van der Waals surface area contributed by atoms with E-state index in [-0.39, 0.29) is 13.2 Å². The van der Waals surface area contributed by atoms with Crippen molar-refractivity contribution in [3.05, 3.63) is 36.3 Å². The maximum Gasteiger partial charge on any atom is 0.0710 e. The second-order valence-electron chi connectivity index (χ2n) is 4.59. The van der Waals surface area contributed by atoms with Crippen LogP contribution in [0.1, 0.15) is 12.0 Å². The van der Waals surface area contributed by atoms with Gasteiger partial charge in [-0.1, -0.05) is 0 Å². The van der Waals surface area contributed by atoms with Gasteiger partial charge in [0.15, 0.2) is 0 Å². The van der Waals surface area contributed by atoms with Crippen molar-refractivity contribution in [1.29, 1.82) is 0 Å². The molecule has 2 rings (SSSR count). The van der Waals surface area contributed by atoms with Crippen LogP contribution in [0, 0.1) is 0 Å². The zero-order valence-corrected chi connectivity index (χ0v) is 11.4. The lowest BCUT2D eigenvalue weighted by Gasteiger charge is -2.20. The molecule has 0 amide bonds. The maximum atomic E-state index is 9.11. The molecule has 0 saturated heterocycles. The molecule has 3 N–H and O–H groups in total. The molecule has 2 aromatic heterocycles. The van der Waals surface area contributed by atoms with Gasteiger partial charge in [0.05, 0.1) is 18.5 Å². The molecule has 108 valence electrons. The molecule has 2 heterocycles. The third-order valence-electron chi connectivity index (χ3n) is 3.11. The molecule has 6 heteroatoms. The molecule has 20 heavy (non-hydrogen) atoms. The monoisotopic (exact) mass is 276 g/mol. The molecule has 0 spiro atoms. The van der Waals surface area contributed by atoms with Crippen molar-refractivity contribution < 1.29 is 10.2 Å². The standard InChI is InChI=1S/C14H20N4O2/c19-7-2-5-18(6-8-20)11-13-10-16-17-14(13)12-3-1-4-15-9-12/h1,3-4,9-10,19-20H,2,5-8,11H2,(H,16,17). The molecule has 0 aliphatic rings. The Hall–Kier alpha value is -1.76. The van der Waals surface area contributed by atoms with Crippen LogP contribution in [-0.4, -0.2) is 56.6 Å². The molecule has 0 radical (unpaired) electrons. The van der Waals surface area contributed by atoms with Crippen molar-refractivity contribution in [3.63, 3.8) is 0 Å². The van der Waals surface area contributed by atoms with Crippen LogP contribution in [0.4, 0.5) is 0 Å². The van der Waals surface area contributed by atoms with Gasteiger partial charge in [-0.15, -0.1) is 0 Å². The Bertz CT molecular complexity index is 501. The topological polar surface area (TPSA) is 85.3 Å². The van der Waals surface area contributed by atoms with E-state index >= 15 is 0 Å². The zero-order chi connectivity index (χ0) is 14.2. The van der Waals surface area contributed by atoms with Crippen molar-refractivity contribution in [2.75, 3.05) is 26.3 Å².